The standard InChI is InChI=1S/C23H20BrCl2N5O2/c1-14-3-4-15(2)21(9-14)33-13-30-8-7-20(28-30)23(32)27-22-17(24)12-31(29-22)11-16-5-6-18(25)19(26)10-16/h3-10,12H,11,13H2,1-2H3,(H,27,29,32). The Kier molecular flexibility index (Phi) is 7.07. The van der Waals surface area contributed by atoms with Crippen molar-refractivity contribution in [1.29, 1.82) is 0 Å². The van der Waals surface area contributed by atoms with Crippen LogP contribution in [0.5, 0.6) is 5.75 Å². The van der Waals surface area contributed by atoms with E-state index < -0.39 is 0 Å². The number of aryl methyl sites for hydroxylation is 2. The van der Waals surface area contributed by atoms with Crippen molar-refractivity contribution >= 4 is 50.9 Å². The number of amides is 1. The minimum absolute atomic E-state index is 0.194. The molecule has 0 aliphatic carbocycles. The molecule has 0 radical (unpaired) electrons. The van der Waals surface area contributed by atoms with Crippen molar-refractivity contribution in [2.24, 2.45) is 0 Å². The fraction of sp³-hybridized carbons (Fsp3) is 0.174. The second-order valence-electron chi connectivity index (χ2n) is 7.51. The van der Waals surface area contributed by atoms with Crippen molar-refractivity contribution in [1.82, 2.24) is 19.6 Å². The maximum absolute atomic E-state index is 12.7. The number of aromatic nitrogens is 4. The van der Waals surface area contributed by atoms with Gasteiger partial charge in [0, 0.05) is 12.4 Å². The first-order valence-electron chi connectivity index (χ1n) is 10.0. The van der Waals surface area contributed by atoms with Crippen molar-refractivity contribution in [3.8, 4) is 5.75 Å². The van der Waals surface area contributed by atoms with Crippen LogP contribution >= 0.6 is 39.1 Å². The highest BCUT2D eigenvalue weighted by Crippen LogP contribution is 2.25. The molecule has 0 atom stereocenters. The zero-order valence-corrected chi connectivity index (χ0v) is 20.9. The summed E-state index contributed by atoms with van der Waals surface area (Å²) in [6, 6.07) is 13.0. The van der Waals surface area contributed by atoms with Crippen LogP contribution in [0.15, 0.2) is 59.3 Å². The van der Waals surface area contributed by atoms with Gasteiger partial charge in [0.15, 0.2) is 18.2 Å². The summed E-state index contributed by atoms with van der Waals surface area (Å²) in [7, 11) is 0. The van der Waals surface area contributed by atoms with Crippen molar-refractivity contribution in [3.05, 3.63) is 91.8 Å². The van der Waals surface area contributed by atoms with Crippen LogP contribution in [0.2, 0.25) is 10.0 Å². The Balaban J connectivity index is 1.39. The molecule has 7 nitrogen and oxygen atoms in total. The molecule has 0 unspecified atom stereocenters. The first kappa shape index (κ1) is 23.4. The van der Waals surface area contributed by atoms with E-state index in [0.717, 1.165) is 22.4 Å². The van der Waals surface area contributed by atoms with E-state index in [4.69, 9.17) is 27.9 Å². The lowest BCUT2D eigenvalue weighted by Gasteiger charge is -2.09. The molecule has 1 N–H and O–H groups in total. The minimum Gasteiger partial charge on any atom is -0.471 e. The SMILES string of the molecule is Cc1ccc(C)c(OCn2ccc(C(=O)Nc3nn(Cc4ccc(Cl)c(Cl)c4)cc3Br)n2)c1. The van der Waals surface area contributed by atoms with Crippen molar-refractivity contribution in [2.75, 3.05) is 5.32 Å². The number of ether oxygens (including phenoxy) is 1. The quantitative estimate of drug-likeness (QED) is 0.302. The highest BCUT2D eigenvalue weighted by atomic mass is 79.9. The van der Waals surface area contributed by atoms with Gasteiger partial charge in [-0.3, -0.25) is 9.48 Å². The highest BCUT2D eigenvalue weighted by molar-refractivity contribution is 9.10. The van der Waals surface area contributed by atoms with Gasteiger partial charge in [-0.05, 0) is 70.7 Å². The number of hydrogen-bond donors (Lipinski definition) is 1. The molecule has 2 aromatic carbocycles. The largest absolute Gasteiger partial charge is 0.471 e. The summed E-state index contributed by atoms with van der Waals surface area (Å²) in [5, 5.41) is 12.5. The van der Waals surface area contributed by atoms with Crippen LogP contribution in [0, 0.1) is 13.8 Å². The van der Waals surface area contributed by atoms with Gasteiger partial charge in [0.1, 0.15) is 5.75 Å². The number of hydrogen-bond acceptors (Lipinski definition) is 4. The van der Waals surface area contributed by atoms with E-state index in [0.29, 0.717) is 26.9 Å². The number of carbonyl (C=O) groups is 1. The molecule has 33 heavy (non-hydrogen) atoms. The Morgan fingerprint density at radius 1 is 1.06 bits per heavy atom. The molecule has 0 spiro atoms. The fourth-order valence-corrected chi connectivity index (χ4v) is 3.85. The Morgan fingerprint density at radius 3 is 2.67 bits per heavy atom. The molecule has 170 valence electrons. The van der Waals surface area contributed by atoms with Gasteiger partial charge in [-0.1, -0.05) is 41.4 Å². The lowest BCUT2D eigenvalue weighted by molar-refractivity contribution is 0.101. The maximum atomic E-state index is 12.7. The Bertz CT molecular complexity index is 1320. The first-order valence-corrected chi connectivity index (χ1v) is 11.5. The van der Waals surface area contributed by atoms with Gasteiger partial charge >= 0.3 is 0 Å². The van der Waals surface area contributed by atoms with Crippen molar-refractivity contribution < 1.29 is 9.53 Å². The van der Waals surface area contributed by atoms with Crippen LogP contribution in [0.3, 0.4) is 0 Å². The van der Waals surface area contributed by atoms with E-state index in [9.17, 15) is 4.79 Å². The molecule has 0 aliphatic rings. The van der Waals surface area contributed by atoms with Crippen LogP contribution in [-0.4, -0.2) is 25.5 Å². The number of carbonyl (C=O) groups excluding carboxylic acids is 1. The third-order valence-electron chi connectivity index (χ3n) is 4.85. The smallest absolute Gasteiger partial charge is 0.277 e. The van der Waals surface area contributed by atoms with Crippen LogP contribution in [0.1, 0.15) is 27.2 Å². The molecule has 0 bridgehead atoms. The van der Waals surface area contributed by atoms with Gasteiger partial charge in [0.05, 0.1) is 21.1 Å². The normalized spacial score (nSPS) is 10.9. The van der Waals surface area contributed by atoms with Gasteiger partial charge in [0.2, 0.25) is 0 Å². The molecule has 0 fully saturated rings. The zero-order valence-electron chi connectivity index (χ0n) is 17.8. The van der Waals surface area contributed by atoms with Gasteiger partial charge in [-0.25, -0.2) is 4.68 Å². The third kappa shape index (κ3) is 5.76. The number of halogens is 3. The van der Waals surface area contributed by atoms with Crippen LogP contribution < -0.4 is 10.1 Å². The molecular formula is C23H20BrCl2N5O2. The fourth-order valence-electron chi connectivity index (χ4n) is 3.11. The van der Waals surface area contributed by atoms with E-state index in [1.807, 2.05) is 38.1 Å². The molecular weight excluding hydrogens is 529 g/mol. The third-order valence-corrected chi connectivity index (χ3v) is 6.17. The Labute approximate surface area is 209 Å². The second kappa shape index (κ2) is 9.99. The molecule has 0 saturated heterocycles. The number of nitrogens with zero attached hydrogens (tertiary/aromatic N) is 4. The predicted octanol–water partition coefficient (Wildman–Crippen LogP) is 6.10. The van der Waals surface area contributed by atoms with Gasteiger partial charge < -0.3 is 10.1 Å². The van der Waals surface area contributed by atoms with Crippen LogP contribution in [-0.2, 0) is 13.3 Å². The number of anilines is 1. The van der Waals surface area contributed by atoms with E-state index >= 15 is 0 Å². The summed E-state index contributed by atoms with van der Waals surface area (Å²) in [5.41, 5.74) is 3.33. The summed E-state index contributed by atoms with van der Waals surface area (Å²) in [6.45, 7) is 4.65. The minimum atomic E-state index is -0.374. The average molecular weight is 549 g/mol. The summed E-state index contributed by atoms with van der Waals surface area (Å²) in [6.07, 6.45) is 3.46. The van der Waals surface area contributed by atoms with Gasteiger partial charge in [0.25, 0.3) is 5.91 Å². The van der Waals surface area contributed by atoms with Crippen LogP contribution in [0.4, 0.5) is 5.82 Å². The summed E-state index contributed by atoms with van der Waals surface area (Å²) >= 11 is 15.5. The highest BCUT2D eigenvalue weighted by Gasteiger charge is 2.15. The average Bonchev–Trinajstić information content (AvgIpc) is 3.38. The first-order chi connectivity index (χ1) is 15.8. The molecule has 0 aliphatic heterocycles. The Morgan fingerprint density at radius 2 is 1.88 bits per heavy atom. The summed E-state index contributed by atoms with van der Waals surface area (Å²) < 4.78 is 9.74. The molecule has 2 aromatic heterocycles. The molecule has 4 rings (SSSR count). The van der Waals surface area contributed by atoms with E-state index in [2.05, 4.69) is 31.4 Å². The van der Waals surface area contributed by atoms with Crippen molar-refractivity contribution in [3.63, 3.8) is 0 Å². The second-order valence-corrected chi connectivity index (χ2v) is 9.18. The van der Waals surface area contributed by atoms with Gasteiger partial charge in [-0.15, -0.1) is 0 Å². The number of nitrogens with one attached hydrogen (secondary N) is 1. The molecule has 10 heteroatoms. The zero-order chi connectivity index (χ0) is 23.5. The number of benzene rings is 2. The van der Waals surface area contributed by atoms with Gasteiger partial charge in [-0.2, -0.15) is 10.2 Å². The van der Waals surface area contributed by atoms with E-state index in [-0.39, 0.29) is 18.3 Å². The predicted molar refractivity (Wildman–Crippen MR) is 132 cm³/mol. The topological polar surface area (TPSA) is 74.0 Å². The molecule has 0 saturated carbocycles. The lowest BCUT2D eigenvalue weighted by Crippen LogP contribution is -2.15. The summed E-state index contributed by atoms with van der Waals surface area (Å²) in [5.74, 6) is 0.801. The molecule has 2 heterocycles. The molecule has 1 amide bonds. The lowest BCUT2D eigenvalue weighted by atomic mass is 10.1. The van der Waals surface area contributed by atoms with E-state index in [1.54, 1.807) is 40.0 Å². The number of rotatable bonds is 7. The van der Waals surface area contributed by atoms with E-state index in [1.165, 1.54) is 0 Å². The molecule has 4 aromatic rings. The monoisotopic (exact) mass is 547 g/mol. The Hall–Kier alpha value is -2.81. The summed E-state index contributed by atoms with van der Waals surface area (Å²) in [4.78, 5) is 12.7. The van der Waals surface area contributed by atoms with Crippen LogP contribution in [0.25, 0.3) is 0 Å². The van der Waals surface area contributed by atoms with Crippen molar-refractivity contribution in [2.45, 2.75) is 27.1 Å². The maximum Gasteiger partial charge on any atom is 0.277 e.